The van der Waals surface area contributed by atoms with Gasteiger partial charge in [0.2, 0.25) is 5.88 Å². The molecule has 4 heteroatoms. The molecule has 1 aromatic heterocycles. The van der Waals surface area contributed by atoms with E-state index in [4.69, 9.17) is 9.47 Å². The van der Waals surface area contributed by atoms with Gasteiger partial charge in [-0.05, 0) is 13.0 Å². The molecular weight excluding hydrogens is 206 g/mol. The van der Waals surface area contributed by atoms with Crippen LogP contribution >= 0.6 is 0 Å². The molecular formula is C12H13NO3. The summed E-state index contributed by atoms with van der Waals surface area (Å²) in [6, 6.07) is 9.62. The lowest BCUT2D eigenvalue weighted by atomic mass is 10.2. The van der Waals surface area contributed by atoms with Gasteiger partial charge in [-0.2, -0.15) is 0 Å². The van der Waals surface area contributed by atoms with E-state index >= 15 is 0 Å². The fourth-order valence-corrected chi connectivity index (χ4v) is 1.59. The summed E-state index contributed by atoms with van der Waals surface area (Å²) in [6.07, 6.45) is -0.673. The molecule has 0 amide bonds. The average Bonchev–Trinajstić information content (AvgIpc) is 2.57. The van der Waals surface area contributed by atoms with E-state index in [2.05, 4.69) is 0 Å². The number of rotatable bonds is 2. The molecule has 4 nitrogen and oxygen atoms in total. The first-order chi connectivity index (χ1) is 7.72. The molecule has 0 aliphatic rings. The SMILES string of the molecule is CCOC(=O)Oc1cc2ccccc2n1C. The number of carbonyl (C=O) groups is 1. The molecule has 2 rings (SSSR count). The minimum absolute atomic E-state index is 0.308. The van der Waals surface area contributed by atoms with Crippen LogP contribution in [0.15, 0.2) is 30.3 Å². The second-order valence-electron chi connectivity index (χ2n) is 3.39. The molecule has 0 radical (unpaired) electrons. The highest BCUT2D eigenvalue weighted by Crippen LogP contribution is 2.23. The third-order valence-corrected chi connectivity index (χ3v) is 2.36. The highest BCUT2D eigenvalue weighted by atomic mass is 16.7. The van der Waals surface area contributed by atoms with E-state index in [1.165, 1.54) is 0 Å². The van der Waals surface area contributed by atoms with Gasteiger partial charge in [-0.1, -0.05) is 18.2 Å². The number of ether oxygens (including phenoxy) is 2. The zero-order valence-corrected chi connectivity index (χ0v) is 9.27. The summed E-state index contributed by atoms with van der Waals surface area (Å²) in [5.74, 6) is 0.486. The maximum atomic E-state index is 11.2. The monoisotopic (exact) mass is 219 g/mol. The normalized spacial score (nSPS) is 10.4. The predicted molar refractivity (Wildman–Crippen MR) is 60.6 cm³/mol. The molecule has 0 aliphatic heterocycles. The van der Waals surface area contributed by atoms with Crippen molar-refractivity contribution in [2.45, 2.75) is 6.92 Å². The fraction of sp³-hybridized carbons (Fsp3) is 0.250. The van der Waals surface area contributed by atoms with Gasteiger partial charge in [0, 0.05) is 18.5 Å². The maximum absolute atomic E-state index is 11.2. The van der Waals surface area contributed by atoms with Gasteiger partial charge in [0.05, 0.1) is 12.1 Å². The van der Waals surface area contributed by atoms with E-state index in [1.54, 1.807) is 6.92 Å². The lowest BCUT2D eigenvalue weighted by Gasteiger charge is -2.04. The van der Waals surface area contributed by atoms with Crippen LogP contribution in [0.25, 0.3) is 10.9 Å². The number of benzene rings is 1. The lowest BCUT2D eigenvalue weighted by molar-refractivity contribution is 0.101. The van der Waals surface area contributed by atoms with Crippen LogP contribution in [-0.2, 0) is 11.8 Å². The molecule has 0 N–H and O–H groups in total. The van der Waals surface area contributed by atoms with Crippen LogP contribution in [0.2, 0.25) is 0 Å². The van der Waals surface area contributed by atoms with E-state index in [0.29, 0.717) is 12.5 Å². The Kier molecular flexibility index (Phi) is 2.81. The molecule has 0 spiro atoms. The van der Waals surface area contributed by atoms with Gasteiger partial charge in [0.1, 0.15) is 0 Å². The van der Waals surface area contributed by atoms with Gasteiger partial charge in [0.15, 0.2) is 0 Å². The van der Waals surface area contributed by atoms with Gasteiger partial charge in [-0.15, -0.1) is 0 Å². The minimum atomic E-state index is -0.673. The Balaban J connectivity index is 2.31. The van der Waals surface area contributed by atoms with Crippen LogP contribution in [0.5, 0.6) is 5.88 Å². The molecule has 0 aliphatic carbocycles. The van der Waals surface area contributed by atoms with Crippen LogP contribution in [0.4, 0.5) is 4.79 Å². The Hall–Kier alpha value is -1.97. The maximum Gasteiger partial charge on any atom is 0.515 e. The van der Waals surface area contributed by atoms with Crippen molar-refractivity contribution in [1.29, 1.82) is 0 Å². The molecule has 0 bridgehead atoms. The second kappa shape index (κ2) is 4.26. The zero-order valence-electron chi connectivity index (χ0n) is 9.27. The summed E-state index contributed by atoms with van der Waals surface area (Å²) < 4.78 is 11.6. The molecule has 84 valence electrons. The Morgan fingerprint density at radius 3 is 2.81 bits per heavy atom. The summed E-state index contributed by atoms with van der Waals surface area (Å²) in [4.78, 5) is 11.2. The standard InChI is InChI=1S/C12H13NO3/c1-3-15-12(14)16-11-8-9-6-4-5-7-10(9)13(11)2/h4-8H,3H2,1-2H3. The fourth-order valence-electron chi connectivity index (χ4n) is 1.59. The number of para-hydroxylation sites is 1. The van der Waals surface area contributed by atoms with Crippen molar-refractivity contribution in [1.82, 2.24) is 4.57 Å². The highest BCUT2D eigenvalue weighted by molar-refractivity contribution is 5.83. The first kappa shape index (κ1) is 10.5. The van der Waals surface area contributed by atoms with E-state index in [1.807, 2.05) is 41.9 Å². The Morgan fingerprint density at radius 2 is 2.12 bits per heavy atom. The molecule has 0 unspecified atom stereocenters. The summed E-state index contributed by atoms with van der Waals surface area (Å²) in [5, 5.41) is 1.03. The second-order valence-corrected chi connectivity index (χ2v) is 3.39. The van der Waals surface area contributed by atoms with Gasteiger partial charge < -0.3 is 14.0 Å². The first-order valence-corrected chi connectivity index (χ1v) is 5.11. The third kappa shape index (κ3) is 1.86. The van der Waals surface area contributed by atoms with E-state index in [-0.39, 0.29) is 0 Å². The van der Waals surface area contributed by atoms with Crippen LogP contribution in [-0.4, -0.2) is 17.3 Å². The average molecular weight is 219 g/mol. The van der Waals surface area contributed by atoms with Crippen molar-refractivity contribution in [3.63, 3.8) is 0 Å². The third-order valence-electron chi connectivity index (χ3n) is 2.36. The Morgan fingerprint density at radius 1 is 1.38 bits per heavy atom. The van der Waals surface area contributed by atoms with Crippen LogP contribution in [0, 0.1) is 0 Å². The van der Waals surface area contributed by atoms with Crippen LogP contribution < -0.4 is 4.74 Å². The Labute approximate surface area is 93.4 Å². The molecule has 0 atom stereocenters. The van der Waals surface area contributed by atoms with Crippen molar-refractivity contribution < 1.29 is 14.3 Å². The van der Waals surface area contributed by atoms with Crippen LogP contribution in [0.3, 0.4) is 0 Å². The number of hydrogen-bond acceptors (Lipinski definition) is 3. The number of nitrogens with zero attached hydrogens (tertiary/aromatic N) is 1. The van der Waals surface area contributed by atoms with Crippen molar-refractivity contribution >= 4 is 17.1 Å². The number of hydrogen-bond donors (Lipinski definition) is 0. The summed E-state index contributed by atoms with van der Waals surface area (Å²) >= 11 is 0. The minimum Gasteiger partial charge on any atom is -0.434 e. The highest BCUT2D eigenvalue weighted by Gasteiger charge is 2.10. The van der Waals surface area contributed by atoms with E-state index in [9.17, 15) is 4.79 Å². The van der Waals surface area contributed by atoms with Gasteiger partial charge in [-0.3, -0.25) is 0 Å². The molecule has 0 saturated heterocycles. The molecule has 0 saturated carbocycles. The molecule has 1 heterocycles. The van der Waals surface area contributed by atoms with Gasteiger partial charge in [-0.25, -0.2) is 4.79 Å². The molecule has 0 fully saturated rings. The Bertz CT molecular complexity index is 516. The van der Waals surface area contributed by atoms with Crippen LogP contribution in [0.1, 0.15) is 6.92 Å². The van der Waals surface area contributed by atoms with Crippen molar-refractivity contribution in [3.8, 4) is 5.88 Å². The predicted octanol–water partition coefficient (Wildman–Crippen LogP) is 2.71. The zero-order chi connectivity index (χ0) is 11.5. The lowest BCUT2D eigenvalue weighted by Crippen LogP contribution is -2.11. The number of aromatic nitrogens is 1. The van der Waals surface area contributed by atoms with Crippen molar-refractivity contribution in [2.24, 2.45) is 7.05 Å². The topological polar surface area (TPSA) is 40.5 Å². The quantitative estimate of drug-likeness (QED) is 0.729. The number of aryl methyl sites for hydroxylation is 1. The summed E-state index contributed by atoms with van der Waals surface area (Å²) in [7, 11) is 1.84. The van der Waals surface area contributed by atoms with Gasteiger partial charge >= 0.3 is 6.16 Å². The summed E-state index contributed by atoms with van der Waals surface area (Å²) in [6.45, 7) is 2.05. The smallest absolute Gasteiger partial charge is 0.434 e. The van der Waals surface area contributed by atoms with Crippen molar-refractivity contribution in [2.75, 3.05) is 6.61 Å². The first-order valence-electron chi connectivity index (χ1n) is 5.11. The van der Waals surface area contributed by atoms with Crippen molar-refractivity contribution in [3.05, 3.63) is 30.3 Å². The largest absolute Gasteiger partial charge is 0.515 e. The molecule has 1 aromatic carbocycles. The number of carbonyl (C=O) groups excluding carboxylic acids is 1. The van der Waals surface area contributed by atoms with Gasteiger partial charge in [0.25, 0.3) is 0 Å². The molecule has 16 heavy (non-hydrogen) atoms. The number of fused-ring (bicyclic) bond motifs is 1. The van der Waals surface area contributed by atoms with E-state index < -0.39 is 6.16 Å². The molecule has 2 aromatic rings. The summed E-state index contributed by atoms with van der Waals surface area (Å²) in [5.41, 5.74) is 1.02. The van der Waals surface area contributed by atoms with E-state index in [0.717, 1.165) is 10.9 Å².